The Morgan fingerprint density at radius 1 is 1.03 bits per heavy atom. The molecule has 3 aromatic rings. The molecule has 0 fully saturated rings. The number of nitrogens with zero attached hydrogens (tertiary/aromatic N) is 4. The second-order valence-corrected chi connectivity index (χ2v) is 6.42. The van der Waals surface area contributed by atoms with E-state index in [1.54, 1.807) is 38.7 Å². The molecule has 0 spiro atoms. The van der Waals surface area contributed by atoms with E-state index in [1.807, 2.05) is 24.5 Å². The molecule has 0 saturated heterocycles. The zero-order valence-corrected chi connectivity index (χ0v) is 17.4. The van der Waals surface area contributed by atoms with Crippen molar-refractivity contribution < 1.29 is 14.3 Å². The highest BCUT2D eigenvalue weighted by Crippen LogP contribution is 2.29. The maximum absolute atomic E-state index is 12.1. The zero-order chi connectivity index (χ0) is 21.5. The Morgan fingerprint density at radius 3 is 2.53 bits per heavy atom. The first kappa shape index (κ1) is 20.9. The quantitative estimate of drug-likeness (QED) is 0.488. The second kappa shape index (κ2) is 9.59. The molecule has 1 aromatic carbocycles. The van der Waals surface area contributed by atoms with E-state index in [2.05, 4.69) is 30.9 Å². The highest BCUT2D eigenvalue weighted by molar-refractivity contribution is 5.89. The van der Waals surface area contributed by atoms with Crippen LogP contribution in [0.15, 0.2) is 36.9 Å². The third-order valence-electron chi connectivity index (χ3n) is 4.51. The molecule has 0 radical (unpaired) electrons. The average molecular weight is 411 g/mol. The number of urea groups is 1. The van der Waals surface area contributed by atoms with Crippen molar-refractivity contribution in [3.63, 3.8) is 0 Å². The normalized spacial score (nSPS) is 10.4. The number of methoxy groups -OCH3 is 2. The monoisotopic (exact) mass is 411 g/mol. The summed E-state index contributed by atoms with van der Waals surface area (Å²) in [5, 5.41) is 8.71. The van der Waals surface area contributed by atoms with E-state index in [1.165, 1.54) is 6.33 Å². The molecule has 0 saturated carbocycles. The van der Waals surface area contributed by atoms with Crippen molar-refractivity contribution in [3.05, 3.63) is 48.3 Å². The summed E-state index contributed by atoms with van der Waals surface area (Å²) in [6.45, 7) is 4.84. The van der Waals surface area contributed by atoms with Crippen molar-refractivity contribution in [1.29, 1.82) is 0 Å². The molecule has 158 valence electrons. The lowest BCUT2D eigenvalue weighted by Crippen LogP contribution is -2.32. The first-order valence-electron chi connectivity index (χ1n) is 9.35. The van der Waals surface area contributed by atoms with Crippen LogP contribution in [0.4, 0.5) is 16.3 Å². The molecule has 0 aliphatic carbocycles. The molecule has 0 atom stereocenters. The minimum Gasteiger partial charge on any atom is -0.493 e. The van der Waals surface area contributed by atoms with Gasteiger partial charge in [0.15, 0.2) is 11.5 Å². The van der Waals surface area contributed by atoms with Gasteiger partial charge in [0.25, 0.3) is 0 Å². The van der Waals surface area contributed by atoms with Gasteiger partial charge in [0.1, 0.15) is 24.3 Å². The van der Waals surface area contributed by atoms with Gasteiger partial charge >= 0.3 is 6.03 Å². The lowest BCUT2D eigenvalue weighted by molar-refractivity contribution is 0.252. The first-order chi connectivity index (χ1) is 14.5. The number of rotatable bonds is 8. The molecule has 30 heavy (non-hydrogen) atoms. The van der Waals surface area contributed by atoms with Crippen LogP contribution in [0.25, 0.3) is 5.82 Å². The molecule has 10 heteroatoms. The lowest BCUT2D eigenvalue weighted by Gasteiger charge is -2.12. The van der Waals surface area contributed by atoms with Crippen molar-refractivity contribution in [2.24, 2.45) is 0 Å². The van der Waals surface area contributed by atoms with Crippen LogP contribution < -0.4 is 25.4 Å². The van der Waals surface area contributed by atoms with E-state index in [9.17, 15) is 4.79 Å². The standard InChI is InChI=1S/C20H25N7O3/c1-13-14(2)27(12-25-13)19-10-18(23-11-24-19)21-7-8-22-20(28)26-15-5-6-16(29-3)17(9-15)30-4/h5-6,9-12H,7-8H2,1-4H3,(H,21,23,24)(H2,22,26,28). The van der Waals surface area contributed by atoms with E-state index < -0.39 is 0 Å². The van der Waals surface area contributed by atoms with Gasteiger partial charge in [-0.2, -0.15) is 0 Å². The topological polar surface area (TPSA) is 115 Å². The van der Waals surface area contributed by atoms with Gasteiger partial charge in [0, 0.05) is 36.6 Å². The molecule has 2 amide bonds. The van der Waals surface area contributed by atoms with Gasteiger partial charge < -0.3 is 25.4 Å². The number of amides is 2. The number of imidazole rings is 1. The van der Waals surface area contributed by atoms with Gasteiger partial charge in [-0.25, -0.2) is 19.7 Å². The number of carbonyl (C=O) groups is 1. The molecule has 2 aromatic heterocycles. The number of ether oxygens (including phenoxy) is 2. The van der Waals surface area contributed by atoms with Crippen LogP contribution in [0, 0.1) is 13.8 Å². The van der Waals surface area contributed by atoms with Crippen molar-refractivity contribution in [1.82, 2.24) is 24.8 Å². The highest BCUT2D eigenvalue weighted by atomic mass is 16.5. The van der Waals surface area contributed by atoms with Gasteiger partial charge in [-0.15, -0.1) is 0 Å². The van der Waals surface area contributed by atoms with Gasteiger partial charge in [-0.05, 0) is 26.0 Å². The van der Waals surface area contributed by atoms with Crippen molar-refractivity contribution in [2.45, 2.75) is 13.8 Å². The molecule has 10 nitrogen and oxygen atoms in total. The molecular weight excluding hydrogens is 386 g/mol. The highest BCUT2D eigenvalue weighted by Gasteiger charge is 2.08. The number of hydrogen-bond acceptors (Lipinski definition) is 7. The van der Waals surface area contributed by atoms with E-state index in [0.717, 1.165) is 17.2 Å². The zero-order valence-electron chi connectivity index (χ0n) is 17.4. The van der Waals surface area contributed by atoms with Gasteiger partial charge in [-0.3, -0.25) is 4.57 Å². The molecular formula is C20H25N7O3. The van der Waals surface area contributed by atoms with Crippen LogP contribution in [-0.2, 0) is 0 Å². The maximum atomic E-state index is 12.1. The summed E-state index contributed by atoms with van der Waals surface area (Å²) in [5.74, 6) is 2.52. The summed E-state index contributed by atoms with van der Waals surface area (Å²) in [7, 11) is 3.10. The van der Waals surface area contributed by atoms with Crippen LogP contribution in [0.5, 0.6) is 11.5 Å². The van der Waals surface area contributed by atoms with Gasteiger partial charge in [0.05, 0.1) is 19.9 Å². The summed E-state index contributed by atoms with van der Waals surface area (Å²) in [4.78, 5) is 24.9. The van der Waals surface area contributed by atoms with Crippen LogP contribution in [0.3, 0.4) is 0 Å². The van der Waals surface area contributed by atoms with Crippen molar-refractivity contribution in [3.8, 4) is 17.3 Å². The largest absolute Gasteiger partial charge is 0.493 e. The Morgan fingerprint density at radius 2 is 1.83 bits per heavy atom. The summed E-state index contributed by atoms with van der Waals surface area (Å²) in [5.41, 5.74) is 2.57. The molecule has 2 heterocycles. The maximum Gasteiger partial charge on any atom is 0.319 e. The van der Waals surface area contributed by atoms with E-state index in [0.29, 0.717) is 36.1 Å². The fourth-order valence-electron chi connectivity index (χ4n) is 2.76. The van der Waals surface area contributed by atoms with Crippen LogP contribution in [-0.4, -0.2) is 52.9 Å². The predicted octanol–water partition coefficient (Wildman–Crippen LogP) is 2.53. The minimum atomic E-state index is -0.322. The third kappa shape index (κ3) is 4.96. The van der Waals surface area contributed by atoms with Gasteiger partial charge in [-0.1, -0.05) is 0 Å². The SMILES string of the molecule is COc1ccc(NC(=O)NCCNc2cc(-n3cnc(C)c3C)ncn2)cc1OC. The number of hydrogen-bond donors (Lipinski definition) is 3. The molecule has 0 unspecified atom stereocenters. The number of anilines is 2. The number of nitrogens with one attached hydrogen (secondary N) is 3. The van der Waals surface area contributed by atoms with Crippen LogP contribution >= 0.6 is 0 Å². The second-order valence-electron chi connectivity index (χ2n) is 6.42. The van der Waals surface area contributed by atoms with E-state index >= 15 is 0 Å². The lowest BCUT2D eigenvalue weighted by atomic mass is 10.3. The smallest absolute Gasteiger partial charge is 0.319 e. The summed E-state index contributed by atoms with van der Waals surface area (Å²) in [6, 6.07) is 6.67. The predicted molar refractivity (Wildman–Crippen MR) is 114 cm³/mol. The summed E-state index contributed by atoms with van der Waals surface area (Å²) < 4.78 is 12.3. The average Bonchev–Trinajstić information content (AvgIpc) is 3.09. The Hall–Kier alpha value is -3.82. The number of benzene rings is 1. The molecule has 0 aliphatic heterocycles. The molecule has 0 aliphatic rings. The van der Waals surface area contributed by atoms with Crippen molar-refractivity contribution >= 4 is 17.5 Å². The third-order valence-corrected chi connectivity index (χ3v) is 4.51. The minimum absolute atomic E-state index is 0.322. The number of aromatic nitrogens is 4. The van der Waals surface area contributed by atoms with Crippen LogP contribution in [0.1, 0.15) is 11.4 Å². The number of aryl methyl sites for hydroxylation is 1. The summed E-state index contributed by atoms with van der Waals surface area (Å²) >= 11 is 0. The Balaban J connectivity index is 1.49. The van der Waals surface area contributed by atoms with Crippen molar-refractivity contribution in [2.75, 3.05) is 37.9 Å². The molecule has 0 bridgehead atoms. The first-order valence-corrected chi connectivity index (χ1v) is 9.35. The fraction of sp³-hybridized carbons (Fsp3) is 0.300. The number of carbonyl (C=O) groups excluding carboxylic acids is 1. The van der Waals surface area contributed by atoms with Gasteiger partial charge in [0.2, 0.25) is 0 Å². The Bertz CT molecular complexity index is 1020. The Labute approximate surface area is 174 Å². The summed E-state index contributed by atoms with van der Waals surface area (Å²) in [6.07, 6.45) is 3.22. The van der Waals surface area contributed by atoms with E-state index in [-0.39, 0.29) is 6.03 Å². The Kier molecular flexibility index (Phi) is 6.68. The van der Waals surface area contributed by atoms with E-state index in [4.69, 9.17) is 9.47 Å². The molecule has 3 N–H and O–H groups in total. The fourth-order valence-corrected chi connectivity index (χ4v) is 2.76. The van der Waals surface area contributed by atoms with Crippen LogP contribution in [0.2, 0.25) is 0 Å². The molecule has 3 rings (SSSR count).